The Morgan fingerprint density at radius 3 is 2.82 bits per heavy atom. The monoisotopic (exact) mass is 295 g/mol. The Bertz CT molecular complexity index is 450. The predicted octanol–water partition coefficient (Wildman–Crippen LogP) is 2.24. The highest BCUT2D eigenvalue weighted by molar-refractivity contribution is 9.10. The minimum Gasteiger partial charge on any atom is -0.330 e. The van der Waals surface area contributed by atoms with Crippen molar-refractivity contribution < 1.29 is 4.79 Å². The summed E-state index contributed by atoms with van der Waals surface area (Å²) in [6.45, 7) is 2.25. The number of nitriles is 1. The maximum atomic E-state index is 11.8. The van der Waals surface area contributed by atoms with E-state index in [0.717, 1.165) is 0 Å². The molecule has 0 heterocycles. The van der Waals surface area contributed by atoms with Crippen molar-refractivity contribution in [2.75, 3.05) is 11.9 Å². The summed E-state index contributed by atoms with van der Waals surface area (Å²) < 4.78 is 0.691. The second-order valence-corrected chi connectivity index (χ2v) is 4.49. The van der Waals surface area contributed by atoms with E-state index in [1.165, 1.54) is 0 Å². The molecule has 4 nitrogen and oxygen atoms in total. The SMILES string of the molecule is CCC(CN)C(=O)Nc1ccc(C#N)cc1Br. The summed E-state index contributed by atoms with van der Waals surface area (Å²) in [5.41, 5.74) is 6.70. The molecule has 0 fully saturated rings. The smallest absolute Gasteiger partial charge is 0.228 e. The number of nitrogens with two attached hydrogens (primary N) is 1. The van der Waals surface area contributed by atoms with E-state index in [4.69, 9.17) is 11.0 Å². The Kier molecular flexibility index (Phi) is 5.13. The van der Waals surface area contributed by atoms with Crippen LogP contribution in [0.4, 0.5) is 5.69 Å². The summed E-state index contributed by atoms with van der Waals surface area (Å²) in [5.74, 6) is -0.280. The maximum Gasteiger partial charge on any atom is 0.228 e. The molecule has 0 radical (unpaired) electrons. The molecule has 0 saturated carbocycles. The number of carbonyl (C=O) groups excluding carboxylic acids is 1. The van der Waals surface area contributed by atoms with Crippen LogP contribution in [0.3, 0.4) is 0 Å². The molecule has 0 aliphatic carbocycles. The molecule has 1 aromatic rings. The minimum absolute atomic E-state index is 0.0968. The van der Waals surface area contributed by atoms with Crippen LogP contribution in [-0.2, 0) is 4.79 Å². The summed E-state index contributed by atoms with van der Waals surface area (Å²) >= 11 is 3.31. The van der Waals surface area contributed by atoms with Gasteiger partial charge in [0.1, 0.15) is 0 Å². The van der Waals surface area contributed by atoms with Gasteiger partial charge in [-0.15, -0.1) is 0 Å². The number of benzene rings is 1. The summed E-state index contributed by atoms with van der Waals surface area (Å²) in [5, 5.41) is 11.5. The van der Waals surface area contributed by atoms with Crippen LogP contribution in [-0.4, -0.2) is 12.5 Å². The van der Waals surface area contributed by atoms with E-state index in [0.29, 0.717) is 28.7 Å². The first-order valence-electron chi connectivity index (χ1n) is 5.33. The number of hydrogen-bond donors (Lipinski definition) is 2. The van der Waals surface area contributed by atoms with Gasteiger partial charge in [-0.3, -0.25) is 4.79 Å². The van der Waals surface area contributed by atoms with Crippen molar-refractivity contribution in [3.05, 3.63) is 28.2 Å². The molecule has 3 N–H and O–H groups in total. The quantitative estimate of drug-likeness (QED) is 0.894. The molecule has 1 atom stereocenters. The number of anilines is 1. The van der Waals surface area contributed by atoms with E-state index in [1.54, 1.807) is 18.2 Å². The lowest BCUT2D eigenvalue weighted by Crippen LogP contribution is -2.28. The zero-order valence-electron chi connectivity index (χ0n) is 9.53. The minimum atomic E-state index is -0.183. The number of hydrogen-bond acceptors (Lipinski definition) is 3. The normalized spacial score (nSPS) is 11.6. The standard InChI is InChI=1S/C12H14BrN3O/c1-2-9(7-15)12(17)16-11-4-3-8(6-14)5-10(11)13/h3-5,9H,2,7,15H2,1H3,(H,16,17). The summed E-state index contributed by atoms with van der Waals surface area (Å²) in [7, 11) is 0. The molecule has 1 unspecified atom stereocenters. The van der Waals surface area contributed by atoms with E-state index in [2.05, 4.69) is 21.2 Å². The van der Waals surface area contributed by atoms with Crippen molar-refractivity contribution in [2.24, 2.45) is 11.7 Å². The zero-order valence-corrected chi connectivity index (χ0v) is 11.1. The molecular formula is C12H14BrN3O. The van der Waals surface area contributed by atoms with Gasteiger partial charge in [-0.05, 0) is 40.5 Å². The Balaban J connectivity index is 2.82. The lowest BCUT2D eigenvalue weighted by molar-refractivity contribution is -0.119. The van der Waals surface area contributed by atoms with E-state index in [1.807, 2.05) is 13.0 Å². The first-order valence-corrected chi connectivity index (χ1v) is 6.12. The lowest BCUT2D eigenvalue weighted by Gasteiger charge is -2.13. The lowest BCUT2D eigenvalue weighted by atomic mass is 10.1. The molecule has 0 aliphatic heterocycles. The van der Waals surface area contributed by atoms with Crippen LogP contribution in [0.2, 0.25) is 0 Å². The van der Waals surface area contributed by atoms with Gasteiger partial charge in [0.15, 0.2) is 0 Å². The number of rotatable bonds is 4. The number of carbonyl (C=O) groups is 1. The molecular weight excluding hydrogens is 282 g/mol. The molecule has 1 amide bonds. The fraction of sp³-hybridized carbons (Fsp3) is 0.333. The highest BCUT2D eigenvalue weighted by Gasteiger charge is 2.15. The predicted molar refractivity (Wildman–Crippen MR) is 70.3 cm³/mol. The Hall–Kier alpha value is -1.38. The van der Waals surface area contributed by atoms with Crippen LogP contribution in [0.5, 0.6) is 0 Å². The van der Waals surface area contributed by atoms with Gasteiger partial charge in [0.25, 0.3) is 0 Å². The van der Waals surface area contributed by atoms with Crippen LogP contribution in [0.25, 0.3) is 0 Å². The molecule has 5 heteroatoms. The van der Waals surface area contributed by atoms with Crippen LogP contribution >= 0.6 is 15.9 Å². The fourth-order valence-electron chi connectivity index (χ4n) is 1.38. The molecule has 0 aliphatic rings. The van der Waals surface area contributed by atoms with Crippen molar-refractivity contribution in [3.63, 3.8) is 0 Å². The van der Waals surface area contributed by atoms with E-state index >= 15 is 0 Å². The Labute approximate surface area is 109 Å². The van der Waals surface area contributed by atoms with Gasteiger partial charge in [-0.2, -0.15) is 5.26 Å². The topological polar surface area (TPSA) is 78.9 Å². The average molecular weight is 296 g/mol. The molecule has 1 rings (SSSR count). The maximum absolute atomic E-state index is 11.8. The highest BCUT2D eigenvalue weighted by Crippen LogP contribution is 2.24. The Morgan fingerprint density at radius 2 is 2.35 bits per heavy atom. The van der Waals surface area contributed by atoms with E-state index in [-0.39, 0.29) is 11.8 Å². The molecule has 90 valence electrons. The molecule has 0 saturated heterocycles. The van der Waals surface area contributed by atoms with Gasteiger partial charge in [0.2, 0.25) is 5.91 Å². The zero-order chi connectivity index (χ0) is 12.8. The second kappa shape index (κ2) is 6.38. The van der Waals surface area contributed by atoms with E-state index in [9.17, 15) is 4.79 Å². The first kappa shape index (κ1) is 13.7. The van der Waals surface area contributed by atoms with Crippen molar-refractivity contribution >= 4 is 27.5 Å². The van der Waals surface area contributed by atoms with Gasteiger partial charge in [0.05, 0.1) is 23.2 Å². The van der Waals surface area contributed by atoms with Crippen LogP contribution in [0, 0.1) is 17.2 Å². The molecule has 0 bridgehead atoms. The average Bonchev–Trinajstić information content (AvgIpc) is 2.33. The van der Waals surface area contributed by atoms with Gasteiger partial charge >= 0.3 is 0 Å². The van der Waals surface area contributed by atoms with Crippen LogP contribution < -0.4 is 11.1 Å². The number of nitrogens with one attached hydrogen (secondary N) is 1. The Morgan fingerprint density at radius 1 is 1.65 bits per heavy atom. The molecule has 0 aromatic heterocycles. The van der Waals surface area contributed by atoms with Gasteiger partial charge < -0.3 is 11.1 Å². The van der Waals surface area contributed by atoms with Crippen molar-refractivity contribution in [3.8, 4) is 6.07 Å². The third-order valence-electron chi connectivity index (χ3n) is 2.50. The summed E-state index contributed by atoms with van der Waals surface area (Å²) in [6.07, 6.45) is 0.705. The third-order valence-corrected chi connectivity index (χ3v) is 3.16. The fourth-order valence-corrected chi connectivity index (χ4v) is 1.86. The molecule has 0 spiro atoms. The summed E-state index contributed by atoms with van der Waals surface area (Å²) in [6, 6.07) is 7.05. The van der Waals surface area contributed by atoms with Crippen LogP contribution in [0.15, 0.2) is 22.7 Å². The van der Waals surface area contributed by atoms with Crippen molar-refractivity contribution in [1.29, 1.82) is 5.26 Å². The highest BCUT2D eigenvalue weighted by atomic mass is 79.9. The van der Waals surface area contributed by atoms with Crippen LogP contribution in [0.1, 0.15) is 18.9 Å². The van der Waals surface area contributed by atoms with Gasteiger partial charge in [-0.1, -0.05) is 6.92 Å². The second-order valence-electron chi connectivity index (χ2n) is 3.64. The largest absolute Gasteiger partial charge is 0.330 e. The molecule has 17 heavy (non-hydrogen) atoms. The number of halogens is 1. The summed E-state index contributed by atoms with van der Waals surface area (Å²) in [4.78, 5) is 11.8. The molecule has 1 aromatic carbocycles. The third kappa shape index (κ3) is 3.55. The number of nitrogens with zero attached hydrogens (tertiary/aromatic N) is 1. The number of amides is 1. The van der Waals surface area contributed by atoms with E-state index < -0.39 is 0 Å². The van der Waals surface area contributed by atoms with Crippen molar-refractivity contribution in [2.45, 2.75) is 13.3 Å². The van der Waals surface area contributed by atoms with Crippen molar-refractivity contribution in [1.82, 2.24) is 0 Å². The first-order chi connectivity index (χ1) is 8.12. The van der Waals surface area contributed by atoms with Gasteiger partial charge in [-0.25, -0.2) is 0 Å². The van der Waals surface area contributed by atoms with Gasteiger partial charge in [0, 0.05) is 11.0 Å².